The summed E-state index contributed by atoms with van der Waals surface area (Å²) < 4.78 is 16.0. The Labute approximate surface area is 196 Å². The molecule has 2 aliphatic heterocycles. The number of benzene rings is 2. The molecule has 0 saturated carbocycles. The minimum Gasteiger partial charge on any atom is -0.352 e. The average Bonchev–Trinajstić information content (AvgIpc) is 3.20. The molecule has 0 radical (unpaired) electrons. The molecule has 1 fully saturated rings. The Balaban J connectivity index is 1.59. The van der Waals surface area contributed by atoms with Crippen LogP contribution >= 0.6 is 11.6 Å². The fourth-order valence-corrected chi connectivity index (χ4v) is 5.02. The van der Waals surface area contributed by atoms with Gasteiger partial charge in [-0.25, -0.2) is 19.4 Å². The van der Waals surface area contributed by atoms with Gasteiger partial charge >= 0.3 is 0 Å². The number of fused-ring (bicyclic) bond motifs is 2. The summed E-state index contributed by atoms with van der Waals surface area (Å²) in [7, 11) is 1.94. The second-order valence-corrected chi connectivity index (χ2v) is 8.82. The van der Waals surface area contributed by atoms with Crippen molar-refractivity contribution in [2.24, 2.45) is 0 Å². The van der Waals surface area contributed by atoms with Gasteiger partial charge in [-0.2, -0.15) is 0 Å². The minimum atomic E-state index is -0.451. The maximum Gasteiger partial charge on any atom is 0.246 e. The number of rotatable bonds is 3. The molecular formula is C24H24ClFN6O. The third kappa shape index (κ3) is 3.59. The highest BCUT2D eigenvalue weighted by atomic mass is 35.5. The zero-order valence-corrected chi connectivity index (χ0v) is 19.3. The molecule has 1 amide bonds. The molecule has 33 heavy (non-hydrogen) atoms. The third-order valence-corrected chi connectivity index (χ3v) is 6.64. The first kappa shape index (κ1) is 21.6. The molecule has 9 heteroatoms. The van der Waals surface area contributed by atoms with Gasteiger partial charge < -0.3 is 15.2 Å². The predicted octanol–water partition coefficient (Wildman–Crippen LogP) is 4.00. The molecule has 3 heterocycles. The molecule has 7 nitrogen and oxygen atoms in total. The summed E-state index contributed by atoms with van der Waals surface area (Å²) in [4.78, 5) is 24.4. The third-order valence-electron chi connectivity index (χ3n) is 6.34. The van der Waals surface area contributed by atoms with Gasteiger partial charge in [-0.1, -0.05) is 24.2 Å². The highest BCUT2D eigenvalue weighted by molar-refractivity contribution is 6.34. The van der Waals surface area contributed by atoms with E-state index in [1.54, 1.807) is 11.0 Å². The Morgan fingerprint density at radius 2 is 1.97 bits per heavy atom. The SMILES string of the molecule is C=CC(=O)N1CCN(c2ncnc3c(F)c(-c4c(C)ccc5c4CN(C)N5)c(Cl)cc23)CC1. The summed E-state index contributed by atoms with van der Waals surface area (Å²) in [6.07, 6.45) is 2.71. The molecule has 170 valence electrons. The first-order valence-electron chi connectivity index (χ1n) is 10.8. The second-order valence-electron chi connectivity index (χ2n) is 8.41. The van der Waals surface area contributed by atoms with E-state index in [2.05, 4.69) is 22.0 Å². The van der Waals surface area contributed by atoms with Crippen LogP contribution in [-0.2, 0) is 11.3 Å². The van der Waals surface area contributed by atoms with E-state index in [0.717, 1.165) is 22.4 Å². The topological polar surface area (TPSA) is 64.6 Å². The number of aryl methyl sites for hydroxylation is 1. The molecule has 3 aromatic rings. The van der Waals surface area contributed by atoms with Crippen LogP contribution in [0.2, 0.25) is 5.02 Å². The number of carbonyl (C=O) groups excluding carboxylic acids is 1. The molecular weight excluding hydrogens is 443 g/mol. The monoisotopic (exact) mass is 466 g/mol. The molecule has 2 aromatic carbocycles. The summed E-state index contributed by atoms with van der Waals surface area (Å²) in [6, 6.07) is 5.73. The van der Waals surface area contributed by atoms with Crippen LogP contribution in [0.3, 0.4) is 0 Å². The zero-order valence-electron chi connectivity index (χ0n) is 18.5. The number of piperazine rings is 1. The number of nitrogens with zero attached hydrogens (tertiary/aromatic N) is 5. The number of carbonyl (C=O) groups is 1. The molecule has 2 aliphatic rings. The largest absolute Gasteiger partial charge is 0.352 e. The predicted molar refractivity (Wildman–Crippen MR) is 129 cm³/mol. The van der Waals surface area contributed by atoms with E-state index in [4.69, 9.17) is 11.6 Å². The average molecular weight is 467 g/mol. The fourth-order valence-electron chi connectivity index (χ4n) is 4.73. The lowest BCUT2D eigenvalue weighted by Gasteiger charge is -2.35. The zero-order chi connectivity index (χ0) is 23.3. The highest BCUT2D eigenvalue weighted by Gasteiger charge is 2.28. The van der Waals surface area contributed by atoms with Gasteiger partial charge in [0.2, 0.25) is 5.91 Å². The Morgan fingerprint density at radius 3 is 2.70 bits per heavy atom. The van der Waals surface area contributed by atoms with Gasteiger partial charge in [0.05, 0.1) is 10.7 Å². The van der Waals surface area contributed by atoms with Crippen LogP contribution < -0.4 is 10.3 Å². The van der Waals surface area contributed by atoms with Crippen LogP contribution in [0.1, 0.15) is 11.1 Å². The summed E-state index contributed by atoms with van der Waals surface area (Å²) in [5.41, 5.74) is 7.58. The summed E-state index contributed by atoms with van der Waals surface area (Å²) >= 11 is 6.74. The fraction of sp³-hybridized carbons (Fsp3) is 0.292. The molecule has 5 rings (SSSR count). The van der Waals surface area contributed by atoms with Crippen molar-refractivity contribution in [2.45, 2.75) is 13.5 Å². The van der Waals surface area contributed by atoms with Crippen LogP contribution in [0, 0.1) is 12.7 Å². The van der Waals surface area contributed by atoms with Crippen LogP contribution in [0.25, 0.3) is 22.0 Å². The summed E-state index contributed by atoms with van der Waals surface area (Å²) in [6.45, 7) is 8.40. The van der Waals surface area contributed by atoms with E-state index in [-0.39, 0.29) is 11.4 Å². The Morgan fingerprint density at radius 1 is 1.21 bits per heavy atom. The number of hydrazine groups is 1. The number of nitrogens with one attached hydrogen (secondary N) is 1. The van der Waals surface area contributed by atoms with Crippen molar-refractivity contribution < 1.29 is 9.18 Å². The van der Waals surface area contributed by atoms with E-state index >= 15 is 4.39 Å². The lowest BCUT2D eigenvalue weighted by molar-refractivity contribution is -0.126. The maximum absolute atomic E-state index is 16.0. The van der Waals surface area contributed by atoms with Crippen molar-refractivity contribution in [3.05, 3.63) is 59.1 Å². The number of aromatic nitrogens is 2. The van der Waals surface area contributed by atoms with Crippen LogP contribution in [0.15, 0.2) is 37.2 Å². The molecule has 1 saturated heterocycles. The van der Waals surface area contributed by atoms with Crippen molar-refractivity contribution in [3.63, 3.8) is 0 Å². The van der Waals surface area contributed by atoms with Gasteiger partial charge in [0.25, 0.3) is 0 Å². The minimum absolute atomic E-state index is 0.0909. The van der Waals surface area contributed by atoms with Crippen LogP contribution in [0.4, 0.5) is 15.9 Å². The first-order chi connectivity index (χ1) is 15.9. The van der Waals surface area contributed by atoms with Crippen molar-refractivity contribution in [2.75, 3.05) is 43.6 Å². The second kappa shape index (κ2) is 8.28. The van der Waals surface area contributed by atoms with E-state index in [1.165, 1.54) is 12.4 Å². The molecule has 0 aliphatic carbocycles. The molecule has 0 unspecified atom stereocenters. The standard InChI is InChI=1S/C24H24ClFN6O/c1-4-19(33)31-7-9-32(10-8-31)24-15-11-17(25)21(22(26)23(15)27-13-28-24)20-14(2)5-6-18-16(20)12-30(3)29-18/h4-6,11,13,29H,1,7-10,12H2,2-3H3. The maximum atomic E-state index is 16.0. The van der Waals surface area contributed by atoms with E-state index in [0.29, 0.717) is 54.5 Å². The Kier molecular flexibility index (Phi) is 5.42. The molecule has 0 bridgehead atoms. The molecule has 0 atom stereocenters. The van der Waals surface area contributed by atoms with Gasteiger partial charge in [0, 0.05) is 56.3 Å². The van der Waals surface area contributed by atoms with E-state index < -0.39 is 5.82 Å². The Hall–Kier alpha value is -3.23. The van der Waals surface area contributed by atoms with Crippen LogP contribution in [-0.4, -0.2) is 59.0 Å². The number of hydrogen-bond acceptors (Lipinski definition) is 6. The van der Waals surface area contributed by atoms with Crippen molar-refractivity contribution in [1.29, 1.82) is 0 Å². The van der Waals surface area contributed by atoms with Crippen molar-refractivity contribution in [1.82, 2.24) is 19.9 Å². The van der Waals surface area contributed by atoms with Gasteiger partial charge in [-0.05, 0) is 36.3 Å². The van der Waals surface area contributed by atoms with Gasteiger partial charge in [0.1, 0.15) is 17.7 Å². The molecule has 1 N–H and O–H groups in total. The number of hydrogen-bond donors (Lipinski definition) is 1. The Bertz CT molecular complexity index is 1290. The van der Waals surface area contributed by atoms with Gasteiger partial charge in [-0.15, -0.1) is 0 Å². The van der Waals surface area contributed by atoms with Crippen molar-refractivity contribution >= 4 is 39.9 Å². The lowest BCUT2D eigenvalue weighted by Crippen LogP contribution is -2.48. The highest BCUT2D eigenvalue weighted by Crippen LogP contribution is 2.43. The molecule has 0 spiro atoms. The number of anilines is 2. The summed E-state index contributed by atoms with van der Waals surface area (Å²) in [5.74, 6) is 0.0777. The first-order valence-corrected chi connectivity index (χ1v) is 11.2. The molecule has 1 aromatic heterocycles. The smallest absolute Gasteiger partial charge is 0.246 e. The van der Waals surface area contributed by atoms with Gasteiger partial charge in [-0.3, -0.25) is 4.79 Å². The summed E-state index contributed by atoms with van der Waals surface area (Å²) in [5, 5.41) is 2.84. The quantitative estimate of drug-likeness (QED) is 0.588. The number of halogens is 2. The van der Waals surface area contributed by atoms with E-state index in [1.807, 2.05) is 36.0 Å². The van der Waals surface area contributed by atoms with Gasteiger partial charge in [0.15, 0.2) is 5.82 Å². The normalized spacial score (nSPS) is 16.1. The van der Waals surface area contributed by atoms with Crippen LogP contribution in [0.5, 0.6) is 0 Å². The van der Waals surface area contributed by atoms with Crippen molar-refractivity contribution in [3.8, 4) is 11.1 Å². The van der Waals surface area contributed by atoms with E-state index in [9.17, 15) is 4.79 Å². The lowest BCUT2D eigenvalue weighted by atomic mass is 9.92. The number of amides is 1.